The van der Waals surface area contributed by atoms with Gasteiger partial charge in [0, 0.05) is 24.4 Å². The average molecular weight is 267 g/mol. The molecule has 0 unspecified atom stereocenters. The Kier molecular flexibility index (Phi) is 6.01. The normalized spacial score (nSPS) is 12.1. The molecule has 0 atom stereocenters. The fourth-order valence-electron chi connectivity index (χ4n) is 1.71. The van der Waals surface area contributed by atoms with Gasteiger partial charge in [-0.15, -0.1) is 0 Å². The molecule has 0 fully saturated rings. The highest BCUT2D eigenvalue weighted by Gasteiger charge is 2.06. The van der Waals surface area contributed by atoms with Gasteiger partial charge in [0.25, 0.3) is 0 Å². The Morgan fingerprint density at radius 2 is 2.22 bits per heavy atom. The summed E-state index contributed by atoms with van der Waals surface area (Å²) in [4.78, 5) is 2.29. The maximum Gasteiger partial charge on any atom is 0.170 e. The summed E-state index contributed by atoms with van der Waals surface area (Å²) in [5.41, 5.74) is 8.76. The molecule has 0 saturated heterocycles. The SMILES string of the molecule is CSCCN(C)Cc1ccc(/C(N)=N/O)cc1C. The molecule has 4 nitrogen and oxygen atoms in total. The van der Waals surface area contributed by atoms with E-state index in [1.807, 2.05) is 36.9 Å². The molecule has 0 saturated carbocycles. The Labute approximate surface area is 113 Å². The van der Waals surface area contributed by atoms with E-state index in [2.05, 4.69) is 23.4 Å². The molecule has 0 amide bonds. The Bertz CT molecular complexity index is 421. The summed E-state index contributed by atoms with van der Waals surface area (Å²) in [6.07, 6.45) is 2.12. The van der Waals surface area contributed by atoms with E-state index in [-0.39, 0.29) is 5.84 Å². The molecule has 3 N–H and O–H groups in total. The highest BCUT2D eigenvalue weighted by atomic mass is 32.2. The van der Waals surface area contributed by atoms with Crippen molar-refractivity contribution in [3.8, 4) is 0 Å². The van der Waals surface area contributed by atoms with Crippen LogP contribution in [0.3, 0.4) is 0 Å². The number of nitrogens with two attached hydrogens (primary N) is 1. The maximum absolute atomic E-state index is 8.64. The molecule has 0 aliphatic rings. The van der Waals surface area contributed by atoms with Crippen molar-refractivity contribution in [3.63, 3.8) is 0 Å². The van der Waals surface area contributed by atoms with Crippen LogP contribution in [0.1, 0.15) is 16.7 Å². The second kappa shape index (κ2) is 7.28. The van der Waals surface area contributed by atoms with Gasteiger partial charge in [0.2, 0.25) is 0 Å². The van der Waals surface area contributed by atoms with Crippen molar-refractivity contribution in [2.75, 3.05) is 25.6 Å². The number of nitrogens with zero attached hydrogens (tertiary/aromatic N) is 2. The van der Waals surface area contributed by atoms with Crippen molar-refractivity contribution in [1.29, 1.82) is 0 Å². The molecule has 0 aliphatic carbocycles. The predicted molar refractivity (Wildman–Crippen MR) is 78.4 cm³/mol. The molecule has 0 radical (unpaired) electrons. The Morgan fingerprint density at radius 3 is 2.78 bits per heavy atom. The van der Waals surface area contributed by atoms with E-state index >= 15 is 0 Å². The van der Waals surface area contributed by atoms with Gasteiger partial charge in [-0.25, -0.2) is 0 Å². The molecular formula is C13H21N3OS. The van der Waals surface area contributed by atoms with Crippen molar-refractivity contribution in [2.45, 2.75) is 13.5 Å². The zero-order chi connectivity index (χ0) is 13.5. The molecule has 0 heterocycles. The maximum atomic E-state index is 8.64. The molecule has 1 aromatic rings. The topological polar surface area (TPSA) is 61.8 Å². The molecule has 0 aromatic heterocycles. The average Bonchev–Trinajstić information content (AvgIpc) is 2.37. The molecule has 1 aromatic carbocycles. The van der Waals surface area contributed by atoms with Gasteiger partial charge in [0.15, 0.2) is 5.84 Å². The van der Waals surface area contributed by atoms with Gasteiger partial charge in [0.05, 0.1) is 0 Å². The van der Waals surface area contributed by atoms with E-state index in [1.54, 1.807) is 0 Å². The van der Waals surface area contributed by atoms with Crippen molar-refractivity contribution >= 4 is 17.6 Å². The summed E-state index contributed by atoms with van der Waals surface area (Å²) < 4.78 is 0. The second-order valence-corrected chi connectivity index (χ2v) is 5.34. The van der Waals surface area contributed by atoms with Crippen molar-refractivity contribution in [2.24, 2.45) is 10.9 Å². The zero-order valence-corrected chi connectivity index (χ0v) is 12.0. The summed E-state index contributed by atoms with van der Waals surface area (Å²) in [6, 6.07) is 5.88. The molecule has 5 heteroatoms. The Hall–Kier alpha value is -1.20. The van der Waals surface area contributed by atoms with Gasteiger partial charge in [-0.1, -0.05) is 17.3 Å². The van der Waals surface area contributed by atoms with E-state index in [0.29, 0.717) is 0 Å². The highest BCUT2D eigenvalue weighted by molar-refractivity contribution is 7.98. The van der Waals surface area contributed by atoms with Crippen molar-refractivity contribution in [3.05, 3.63) is 34.9 Å². The van der Waals surface area contributed by atoms with Gasteiger partial charge in [-0.05, 0) is 37.4 Å². The zero-order valence-electron chi connectivity index (χ0n) is 11.2. The van der Waals surface area contributed by atoms with E-state index < -0.39 is 0 Å². The minimum Gasteiger partial charge on any atom is -0.409 e. The van der Waals surface area contributed by atoms with Crippen LogP contribution in [-0.2, 0) is 6.54 Å². The van der Waals surface area contributed by atoms with Crippen LogP contribution >= 0.6 is 11.8 Å². The number of benzene rings is 1. The fraction of sp³-hybridized carbons (Fsp3) is 0.462. The molecule has 1 rings (SSSR count). The van der Waals surface area contributed by atoms with Crippen LogP contribution < -0.4 is 5.73 Å². The van der Waals surface area contributed by atoms with Crippen molar-refractivity contribution < 1.29 is 5.21 Å². The van der Waals surface area contributed by atoms with Crippen molar-refractivity contribution in [1.82, 2.24) is 4.90 Å². The summed E-state index contributed by atoms with van der Waals surface area (Å²) in [5.74, 6) is 1.29. The first-order valence-electron chi connectivity index (χ1n) is 5.83. The third-order valence-corrected chi connectivity index (χ3v) is 3.45. The van der Waals surface area contributed by atoms with Crippen LogP contribution in [-0.4, -0.2) is 41.5 Å². The number of aryl methyl sites for hydroxylation is 1. The molecule has 18 heavy (non-hydrogen) atoms. The first-order valence-corrected chi connectivity index (χ1v) is 7.22. The molecule has 0 spiro atoms. The van der Waals surface area contributed by atoms with Crippen LogP contribution in [0.4, 0.5) is 0 Å². The summed E-state index contributed by atoms with van der Waals surface area (Å²) in [7, 11) is 2.12. The minimum atomic E-state index is 0.153. The van der Waals surface area contributed by atoms with Crippen LogP contribution in [0.2, 0.25) is 0 Å². The number of hydrogen-bond acceptors (Lipinski definition) is 4. The largest absolute Gasteiger partial charge is 0.409 e. The third kappa shape index (κ3) is 4.23. The summed E-state index contributed by atoms with van der Waals surface area (Å²) in [5, 5.41) is 11.7. The minimum absolute atomic E-state index is 0.153. The summed E-state index contributed by atoms with van der Waals surface area (Å²) >= 11 is 1.85. The Morgan fingerprint density at radius 1 is 1.50 bits per heavy atom. The molecule has 100 valence electrons. The number of oxime groups is 1. The standard InChI is InChI=1S/C13H21N3OS/c1-10-8-11(13(14)15-17)4-5-12(10)9-16(2)6-7-18-3/h4-5,8,17H,6-7,9H2,1-3H3,(H2,14,15). The lowest BCUT2D eigenvalue weighted by Crippen LogP contribution is -2.21. The van der Waals surface area contributed by atoms with Gasteiger partial charge in [0.1, 0.15) is 0 Å². The number of rotatable bonds is 6. The fourth-order valence-corrected chi connectivity index (χ4v) is 2.20. The van der Waals surface area contributed by atoms with E-state index in [0.717, 1.165) is 30.0 Å². The lowest BCUT2D eigenvalue weighted by Gasteiger charge is -2.17. The summed E-state index contributed by atoms with van der Waals surface area (Å²) in [6.45, 7) is 4.04. The Balaban J connectivity index is 2.74. The predicted octanol–water partition coefficient (Wildman–Crippen LogP) is 1.88. The first-order chi connectivity index (χ1) is 8.58. The van der Waals surface area contributed by atoms with Gasteiger partial charge >= 0.3 is 0 Å². The third-order valence-electron chi connectivity index (χ3n) is 2.86. The molecule has 0 aliphatic heterocycles. The number of thioether (sulfide) groups is 1. The quantitative estimate of drug-likeness (QED) is 0.357. The molecule has 0 bridgehead atoms. The highest BCUT2D eigenvalue weighted by Crippen LogP contribution is 2.13. The van der Waals surface area contributed by atoms with E-state index in [9.17, 15) is 0 Å². The van der Waals surface area contributed by atoms with Crippen LogP contribution in [0, 0.1) is 6.92 Å². The molecular weight excluding hydrogens is 246 g/mol. The van der Waals surface area contributed by atoms with Crippen LogP contribution in [0.25, 0.3) is 0 Å². The van der Waals surface area contributed by atoms with Crippen LogP contribution in [0.15, 0.2) is 23.4 Å². The van der Waals surface area contributed by atoms with Gasteiger partial charge in [-0.2, -0.15) is 11.8 Å². The first kappa shape index (κ1) is 14.9. The van der Waals surface area contributed by atoms with Gasteiger partial charge in [-0.3, -0.25) is 0 Å². The number of hydrogen-bond donors (Lipinski definition) is 2. The van der Waals surface area contributed by atoms with E-state index in [4.69, 9.17) is 10.9 Å². The lowest BCUT2D eigenvalue weighted by atomic mass is 10.0. The smallest absolute Gasteiger partial charge is 0.170 e. The monoisotopic (exact) mass is 267 g/mol. The van der Waals surface area contributed by atoms with Gasteiger partial charge < -0.3 is 15.8 Å². The van der Waals surface area contributed by atoms with Crippen LogP contribution in [0.5, 0.6) is 0 Å². The second-order valence-electron chi connectivity index (χ2n) is 4.36. The van der Waals surface area contributed by atoms with E-state index in [1.165, 1.54) is 5.56 Å². The number of amidine groups is 1. The lowest BCUT2D eigenvalue weighted by molar-refractivity contribution is 0.318.